The molecule has 2 N–H and O–H groups in total. The normalized spacial score (nSPS) is 16.2. The molecule has 1 aliphatic rings. The van der Waals surface area contributed by atoms with Crippen molar-refractivity contribution in [2.45, 2.75) is 19.0 Å². The van der Waals surface area contributed by atoms with Gasteiger partial charge in [0, 0.05) is 58.5 Å². The number of likely N-dealkylation sites (N-methyl/N-ethyl adjacent to an activating group) is 1. The Morgan fingerprint density at radius 1 is 0.932 bits per heavy atom. The molecular formula is C34H37N9O. The van der Waals surface area contributed by atoms with Crippen LogP contribution in [0.4, 0.5) is 16.4 Å². The zero-order chi connectivity index (χ0) is 30.0. The van der Waals surface area contributed by atoms with Crippen LogP contribution in [0.1, 0.15) is 9.78 Å². The number of pyridine rings is 1. The summed E-state index contributed by atoms with van der Waals surface area (Å²) in [6.45, 7) is 4.10. The van der Waals surface area contributed by atoms with E-state index in [2.05, 4.69) is 74.8 Å². The molecule has 10 nitrogen and oxygen atoms in total. The summed E-state index contributed by atoms with van der Waals surface area (Å²) in [5.41, 5.74) is 4.84. The number of carbonyl (C=O) groups excluding carboxylic acids is 1. The van der Waals surface area contributed by atoms with E-state index in [1.165, 1.54) is 0 Å². The highest BCUT2D eigenvalue weighted by Crippen LogP contribution is 2.26. The number of piperazine rings is 1. The van der Waals surface area contributed by atoms with Crippen LogP contribution in [-0.2, 0) is 0 Å². The van der Waals surface area contributed by atoms with Crippen molar-refractivity contribution < 1.29 is 7.65 Å². The summed E-state index contributed by atoms with van der Waals surface area (Å²) in [6.07, 6.45) is 7.12. The number of rotatable bonds is 6. The Bertz CT molecular complexity index is 1950. The van der Waals surface area contributed by atoms with E-state index in [0.29, 0.717) is 19.0 Å². The molecule has 2 atom stereocenters. The molecule has 0 spiro atoms. The molecule has 0 bridgehead atoms. The van der Waals surface area contributed by atoms with Crippen LogP contribution in [0.25, 0.3) is 38.8 Å². The number of hydrogen-bond donors (Lipinski definition) is 2. The van der Waals surface area contributed by atoms with Crippen LogP contribution in [0.15, 0.2) is 104 Å². The summed E-state index contributed by atoms with van der Waals surface area (Å²) in [6, 6.07) is 26.1. The number of hydrogen-bond acceptors (Lipinski definition) is 7. The lowest BCUT2D eigenvalue weighted by Crippen LogP contribution is -2.59. The molecule has 3 aromatic heterocycles. The summed E-state index contributed by atoms with van der Waals surface area (Å²) in [4.78, 5) is 35.6. The van der Waals surface area contributed by atoms with Crippen LogP contribution in [0, 0.1) is 0 Å². The van der Waals surface area contributed by atoms with E-state index in [4.69, 9.17) is 4.98 Å². The van der Waals surface area contributed by atoms with Gasteiger partial charge in [0.2, 0.25) is 5.95 Å². The lowest BCUT2D eigenvalue weighted by Gasteiger charge is -2.42. The number of anilines is 2. The first-order chi connectivity index (χ1) is 21.5. The van der Waals surface area contributed by atoms with Gasteiger partial charge in [-0.2, -0.15) is 4.98 Å². The lowest BCUT2D eigenvalue weighted by molar-refractivity contribution is 0.108. The molecule has 1 saturated heterocycles. The molecule has 0 radical (unpaired) electrons. The molecule has 1 aliphatic heterocycles. The van der Waals surface area contributed by atoms with Crippen molar-refractivity contribution in [3.05, 3.63) is 104 Å². The Morgan fingerprint density at radius 2 is 1.77 bits per heavy atom. The SMILES string of the molecule is C[C@H](Nc1nccc(-n2cnc3cc(-c4ccncc4)ccc32)n1)[C@H]1CN(C(=O)Nc2cccc3ccccc23)CCN1C.[HH].[HH]. The van der Waals surface area contributed by atoms with E-state index in [-0.39, 0.29) is 21.0 Å². The number of carbonyl (C=O) groups is 1. The number of amides is 2. The summed E-state index contributed by atoms with van der Waals surface area (Å²) < 4.78 is 1.97. The average molecular weight is 588 g/mol. The molecule has 44 heavy (non-hydrogen) atoms. The molecular weight excluding hydrogens is 550 g/mol. The van der Waals surface area contributed by atoms with Crippen molar-refractivity contribution in [3.8, 4) is 16.9 Å². The van der Waals surface area contributed by atoms with Gasteiger partial charge in [0.05, 0.1) is 16.7 Å². The zero-order valence-electron chi connectivity index (χ0n) is 24.6. The lowest BCUT2D eigenvalue weighted by atomic mass is 10.1. The Morgan fingerprint density at radius 3 is 2.66 bits per heavy atom. The number of imidazole rings is 1. The molecule has 0 unspecified atom stereocenters. The highest BCUT2D eigenvalue weighted by molar-refractivity contribution is 6.01. The van der Waals surface area contributed by atoms with E-state index in [1.807, 2.05) is 58.0 Å². The number of urea groups is 1. The van der Waals surface area contributed by atoms with Gasteiger partial charge in [0.1, 0.15) is 12.1 Å². The van der Waals surface area contributed by atoms with Crippen LogP contribution < -0.4 is 10.6 Å². The van der Waals surface area contributed by atoms with Gasteiger partial charge in [-0.1, -0.05) is 42.5 Å². The fourth-order valence-corrected chi connectivity index (χ4v) is 5.93. The van der Waals surface area contributed by atoms with Gasteiger partial charge in [-0.15, -0.1) is 0 Å². The molecule has 1 fully saturated rings. The second-order valence-electron chi connectivity index (χ2n) is 11.2. The van der Waals surface area contributed by atoms with Crippen LogP contribution in [0.5, 0.6) is 0 Å². The first-order valence-corrected chi connectivity index (χ1v) is 14.7. The third kappa shape index (κ3) is 5.43. The van der Waals surface area contributed by atoms with Crippen LogP contribution >= 0.6 is 0 Å². The van der Waals surface area contributed by atoms with Gasteiger partial charge in [-0.25, -0.2) is 14.8 Å². The molecule has 2 amide bonds. The first-order valence-electron chi connectivity index (χ1n) is 14.7. The third-order valence-electron chi connectivity index (χ3n) is 8.40. The molecule has 4 heterocycles. The second-order valence-corrected chi connectivity index (χ2v) is 11.2. The highest BCUT2D eigenvalue weighted by atomic mass is 16.2. The minimum Gasteiger partial charge on any atom is -0.350 e. The number of benzene rings is 3. The molecule has 224 valence electrons. The molecule has 6 aromatic rings. The largest absolute Gasteiger partial charge is 0.350 e. The predicted molar refractivity (Wildman–Crippen MR) is 178 cm³/mol. The molecule has 3 aromatic carbocycles. The van der Waals surface area contributed by atoms with Gasteiger partial charge in [0.25, 0.3) is 0 Å². The maximum atomic E-state index is 13.4. The van der Waals surface area contributed by atoms with Crippen LogP contribution in [0.2, 0.25) is 0 Å². The number of aromatic nitrogens is 5. The van der Waals surface area contributed by atoms with E-state index in [0.717, 1.165) is 51.0 Å². The van der Waals surface area contributed by atoms with E-state index >= 15 is 0 Å². The molecule has 10 heteroatoms. The number of nitrogens with one attached hydrogen (secondary N) is 2. The van der Waals surface area contributed by atoms with Crippen molar-refractivity contribution in [2.75, 3.05) is 37.3 Å². The third-order valence-corrected chi connectivity index (χ3v) is 8.40. The van der Waals surface area contributed by atoms with Crippen molar-refractivity contribution in [2.24, 2.45) is 0 Å². The fraction of sp³-hybridized carbons (Fsp3) is 0.206. The van der Waals surface area contributed by atoms with E-state index < -0.39 is 0 Å². The maximum absolute atomic E-state index is 13.4. The number of nitrogens with zero attached hydrogens (tertiary/aromatic N) is 7. The Hall–Kier alpha value is -5.35. The predicted octanol–water partition coefficient (Wildman–Crippen LogP) is 6.17. The summed E-state index contributed by atoms with van der Waals surface area (Å²) in [7, 11) is 2.10. The number of fused-ring (bicyclic) bond motifs is 2. The summed E-state index contributed by atoms with van der Waals surface area (Å²) in [5.74, 6) is 1.25. The minimum atomic E-state index is -0.0935. The second kappa shape index (κ2) is 11.7. The van der Waals surface area contributed by atoms with E-state index in [9.17, 15) is 4.79 Å². The van der Waals surface area contributed by atoms with Gasteiger partial charge < -0.3 is 15.5 Å². The molecule has 7 rings (SSSR count). The van der Waals surface area contributed by atoms with Gasteiger partial charge in [-0.05, 0) is 66.9 Å². The van der Waals surface area contributed by atoms with Gasteiger partial charge >= 0.3 is 6.03 Å². The molecule has 0 saturated carbocycles. The fourth-order valence-electron chi connectivity index (χ4n) is 5.93. The standard InChI is InChI=1S/C34H33N9O.2H2/c1-23(31-21-42(19-18-41(31)2)34(44)39-28-9-5-7-25-6-3-4-8-27(25)28)38-33-36-17-14-32(40-33)43-22-37-29-20-26(10-11-30(29)43)24-12-15-35-16-13-24;;/h3-17,20,22-23,31H,18-19,21H2,1-2H3,(H,39,44)(H,36,38,40);2*1H/t23-,31+;;/m0../s1. The zero-order valence-corrected chi connectivity index (χ0v) is 24.6. The van der Waals surface area contributed by atoms with Crippen molar-refractivity contribution in [1.82, 2.24) is 34.3 Å². The van der Waals surface area contributed by atoms with Crippen molar-refractivity contribution in [1.29, 1.82) is 0 Å². The minimum absolute atomic E-state index is 0. The maximum Gasteiger partial charge on any atom is 0.321 e. The van der Waals surface area contributed by atoms with Gasteiger partial charge in [0.15, 0.2) is 0 Å². The topological polar surface area (TPSA) is 104 Å². The highest BCUT2D eigenvalue weighted by Gasteiger charge is 2.31. The monoisotopic (exact) mass is 587 g/mol. The van der Waals surface area contributed by atoms with E-state index in [1.54, 1.807) is 24.9 Å². The van der Waals surface area contributed by atoms with Crippen LogP contribution in [0.3, 0.4) is 0 Å². The smallest absolute Gasteiger partial charge is 0.321 e. The van der Waals surface area contributed by atoms with Crippen molar-refractivity contribution in [3.63, 3.8) is 0 Å². The van der Waals surface area contributed by atoms with Crippen LogP contribution in [-0.4, -0.2) is 79.1 Å². The summed E-state index contributed by atoms with van der Waals surface area (Å²) >= 11 is 0. The Labute approximate surface area is 258 Å². The Kier molecular flexibility index (Phi) is 7.33. The Balaban J connectivity index is 0.00000208. The van der Waals surface area contributed by atoms with Gasteiger partial charge in [-0.3, -0.25) is 14.5 Å². The summed E-state index contributed by atoms with van der Waals surface area (Å²) in [5, 5.41) is 8.76. The van der Waals surface area contributed by atoms with Crippen molar-refractivity contribution >= 4 is 39.5 Å². The quantitative estimate of drug-likeness (QED) is 0.240. The first kappa shape index (κ1) is 27.5. The average Bonchev–Trinajstić information content (AvgIpc) is 3.49. The molecule has 0 aliphatic carbocycles.